The van der Waals surface area contributed by atoms with Crippen molar-refractivity contribution in [3.05, 3.63) is 71.8 Å². The van der Waals surface area contributed by atoms with Crippen LogP contribution in [0.25, 0.3) is 0 Å². The van der Waals surface area contributed by atoms with Gasteiger partial charge in [0.2, 0.25) is 0 Å². The smallest absolute Gasteiger partial charge is 0.0656 e. The van der Waals surface area contributed by atoms with Gasteiger partial charge in [-0.2, -0.15) is 5.26 Å². The van der Waals surface area contributed by atoms with Gasteiger partial charge in [-0.15, -0.1) is 0 Å². The largest absolute Gasteiger partial charge is 0.198 e. The molecule has 0 bridgehead atoms. The zero-order chi connectivity index (χ0) is 12.4. The van der Waals surface area contributed by atoms with Gasteiger partial charge in [-0.25, -0.2) is 0 Å². The van der Waals surface area contributed by atoms with Crippen molar-refractivity contribution in [2.75, 3.05) is 0 Å². The second-order valence-electron chi connectivity index (χ2n) is 5.05. The SMILES string of the molecule is N#CC1CC(c2ccccc2)(c2ccccc2)C1. The van der Waals surface area contributed by atoms with Gasteiger partial charge in [0.25, 0.3) is 0 Å². The van der Waals surface area contributed by atoms with Gasteiger partial charge >= 0.3 is 0 Å². The van der Waals surface area contributed by atoms with Crippen molar-refractivity contribution in [1.29, 1.82) is 5.26 Å². The lowest BCUT2D eigenvalue weighted by molar-refractivity contribution is 0.233. The maximum absolute atomic E-state index is 9.06. The van der Waals surface area contributed by atoms with E-state index in [2.05, 4.69) is 54.6 Å². The van der Waals surface area contributed by atoms with E-state index >= 15 is 0 Å². The van der Waals surface area contributed by atoms with Crippen LogP contribution in [0.1, 0.15) is 24.0 Å². The molecule has 18 heavy (non-hydrogen) atoms. The Morgan fingerprint density at radius 1 is 0.833 bits per heavy atom. The topological polar surface area (TPSA) is 23.8 Å². The highest BCUT2D eigenvalue weighted by Gasteiger charge is 2.46. The van der Waals surface area contributed by atoms with Crippen LogP contribution in [0, 0.1) is 17.2 Å². The van der Waals surface area contributed by atoms with Gasteiger partial charge < -0.3 is 0 Å². The first-order chi connectivity index (χ1) is 8.85. The fourth-order valence-corrected chi connectivity index (χ4v) is 3.03. The summed E-state index contributed by atoms with van der Waals surface area (Å²) in [5, 5.41) is 9.06. The fraction of sp³-hybridized carbons (Fsp3) is 0.235. The summed E-state index contributed by atoms with van der Waals surface area (Å²) < 4.78 is 0. The molecule has 0 heterocycles. The van der Waals surface area contributed by atoms with E-state index in [1.807, 2.05) is 12.1 Å². The van der Waals surface area contributed by atoms with Crippen LogP contribution in [0.2, 0.25) is 0 Å². The van der Waals surface area contributed by atoms with Gasteiger partial charge in [-0.3, -0.25) is 0 Å². The molecule has 1 heteroatoms. The molecule has 0 N–H and O–H groups in total. The summed E-state index contributed by atoms with van der Waals surface area (Å²) in [6, 6.07) is 23.5. The normalized spacial score (nSPS) is 17.7. The Balaban J connectivity index is 2.05. The summed E-state index contributed by atoms with van der Waals surface area (Å²) in [7, 11) is 0. The van der Waals surface area contributed by atoms with Crippen LogP contribution in [-0.2, 0) is 5.41 Å². The van der Waals surface area contributed by atoms with E-state index in [1.165, 1.54) is 11.1 Å². The molecule has 0 saturated heterocycles. The van der Waals surface area contributed by atoms with Gasteiger partial charge in [-0.05, 0) is 24.0 Å². The highest BCUT2D eigenvalue weighted by Crippen LogP contribution is 2.51. The van der Waals surface area contributed by atoms with E-state index in [0.29, 0.717) is 0 Å². The maximum atomic E-state index is 9.06. The Labute approximate surface area is 108 Å². The van der Waals surface area contributed by atoms with Gasteiger partial charge in [0.1, 0.15) is 0 Å². The second-order valence-corrected chi connectivity index (χ2v) is 5.05. The van der Waals surface area contributed by atoms with E-state index in [9.17, 15) is 0 Å². The lowest BCUT2D eigenvalue weighted by atomic mass is 9.56. The molecule has 1 nitrogen and oxygen atoms in total. The lowest BCUT2D eigenvalue weighted by Gasteiger charge is -2.46. The molecule has 1 fully saturated rings. The molecule has 1 aliphatic rings. The van der Waals surface area contributed by atoms with Crippen LogP contribution < -0.4 is 0 Å². The monoisotopic (exact) mass is 233 g/mol. The Kier molecular flexibility index (Phi) is 2.64. The highest BCUT2D eigenvalue weighted by atomic mass is 14.5. The van der Waals surface area contributed by atoms with Crippen molar-refractivity contribution in [3.63, 3.8) is 0 Å². The highest BCUT2D eigenvalue weighted by molar-refractivity contribution is 5.43. The van der Waals surface area contributed by atoms with Crippen molar-refractivity contribution in [2.45, 2.75) is 18.3 Å². The molecule has 0 amide bonds. The van der Waals surface area contributed by atoms with E-state index in [1.54, 1.807) is 0 Å². The van der Waals surface area contributed by atoms with E-state index in [4.69, 9.17) is 5.26 Å². The minimum absolute atomic E-state index is 0.0584. The minimum atomic E-state index is 0.0584. The van der Waals surface area contributed by atoms with Gasteiger partial charge in [0.05, 0.1) is 6.07 Å². The lowest BCUT2D eigenvalue weighted by Crippen LogP contribution is -2.41. The maximum Gasteiger partial charge on any atom is 0.0656 e. The molecule has 2 aromatic carbocycles. The Bertz CT molecular complexity index is 518. The molecule has 0 radical (unpaired) electrons. The molecule has 1 saturated carbocycles. The quantitative estimate of drug-likeness (QED) is 0.771. The number of nitrogens with zero attached hydrogens (tertiary/aromatic N) is 1. The molecular weight excluding hydrogens is 218 g/mol. The van der Waals surface area contributed by atoms with Crippen molar-refractivity contribution in [3.8, 4) is 6.07 Å². The molecule has 0 unspecified atom stereocenters. The fourth-order valence-electron chi connectivity index (χ4n) is 3.03. The number of nitriles is 1. The third-order valence-corrected chi connectivity index (χ3v) is 4.03. The number of rotatable bonds is 2. The molecular formula is C17H15N. The first-order valence-corrected chi connectivity index (χ1v) is 6.36. The zero-order valence-electron chi connectivity index (χ0n) is 10.2. The third-order valence-electron chi connectivity index (χ3n) is 4.03. The first kappa shape index (κ1) is 11.0. The minimum Gasteiger partial charge on any atom is -0.198 e. The van der Waals surface area contributed by atoms with Crippen LogP contribution >= 0.6 is 0 Å². The predicted octanol–water partition coefficient (Wildman–Crippen LogP) is 3.91. The van der Waals surface area contributed by atoms with Crippen LogP contribution in [0.5, 0.6) is 0 Å². The first-order valence-electron chi connectivity index (χ1n) is 6.36. The van der Waals surface area contributed by atoms with Crippen molar-refractivity contribution in [1.82, 2.24) is 0 Å². The van der Waals surface area contributed by atoms with E-state index < -0.39 is 0 Å². The average molecular weight is 233 g/mol. The van der Waals surface area contributed by atoms with Crippen molar-refractivity contribution in [2.24, 2.45) is 5.92 Å². The Hall–Kier alpha value is -2.07. The van der Waals surface area contributed by atoms with Gasteiger partial charge in [0, 0.05) is 11.3 Å². The molecule has 0 aliphatic heterocycles. The van der Waals surface area contributed by atoms with Crippen molar-refractivity contribution < 1.29 is 0 Å². The van der Waals surface area contributed by atoms with Crippen LogP contribution in [-0.4, -0.2) is 0 Å². The number of hydrogen-bond acceptors (Lipinski definition) is 1. The summed E-state index contributed by atoms with van der Waals surface area (Å²) >= 11 is 0. The average Bonchev–Trinajstić information content (AvgIpc) is 2.41. The summed E-state index contributed by atoms with van der Waals surface area (Å²) in [5.41, 5.74) is 2.73. The molecule has 88 valence electrons. The van der Waals surface area contributed by atoms with Gasteiger partial charge in [0.15, 0.2) is 0 Å². The van der Waals surface area contributed by atoms with Crippen LogP contribution in [0.3, 0.4) is 0 Å². The number of benzene rings is 2. The summed E-state index contributed by atoms with van der Waals surface area (Å²) in [5.74, 6) is 0.199. The summed E-state index contributed by atoms with van der Waals surface area (Å²) in [6.07, 6.45) is 1.88. The molecule has 3 rings (SSSR count). The standard InChI is InChI=1S/C17H15N/c18-13-14-11-17(12-14,15-7-3-1-4-8-15)16-9-5-2-6-10-16/h1-10,14H,11-12H2. The molecule has 1 aliphatic carbocycles. The Morgan fingerprint density at radius 3 is 1.67 bits per heavy atom. The zero-order valence-corrected chi connectivity index (χ0v) is 10.2. The Morgan fingerprint density at radius 2 is 1.28 bits per heavy atom. The second kappa shape index (κ2) is 4.31. The van der Waals surface area contributed by atoms with E-state index in [0.717, 1.165) is 12.8 Å². The van der Waals surface area contributed by atoms with Gasteiger partial charge in [-0.1, -0.05) is 60.7 Å². The van der Waals surface area contributed by atoms with Crippen molar-refractivity contribution >= 4 is 0 Å². The summed E-state index contributed by atoms with van der Waals surface area (Å²) in [6.45, 7) is 0. The number of hydrogen-bond donors (Lipinski definition) is 0. The third kappa shape index (κ3) is 1.62. The van der Waals surface area contributed by atoms with Crippen LogP contribution in [0.15, 0.2) is 60.7 Å². The predicted molar refractivity (Wildman–Crippen MR) is 72.0 cm³/mol. The van der Waals surface area contributed by atoms with Crippen LogP contribution in [0.4, 0.5) is 0 Å². The molecule has 0 atom stereocenters. The molecule has 0 aromatic heterocycles. The molecule has 0 spiro atoms. The summed E-state index contributed by atoms with van der Waals surface area (Å²) in [4.78, 5) is 0. The molecule has 2 aromatic rings. The van der Waals surface area contributed by atoms with E-state index in [-0.39, 0.29) is 11.3 Å².